The van der Waals surface area contributed by atoms with Crippen LogP contribution >= 0.6 is 12.4 Å². The summed E-state index contributed by atoms with van der Waals surface area (Å²) in [5.41, 5.74) is 3.18. The molecule has 0 fully saturated rings. The Morgan fingerprint density at radius 1 is 0.963 bits per heavy atom. The maximum atomic E-state index is 9.54. The smallest absolute Gasteiger partial charge is 0.124 e. The minimum atomic E-state index is -0.342. The van der Waals surface area contributed by atoms with E-state index in [9.17, 15) is 5.11 Å². The molecule has 3 aromatic rings. The lowest BCUT2D eigenvalue weighted by Gasteiger charge is -2.25. The van der Waals surface area contributed by atoms with E-state index < -0.39 is 0 Å². The first-order valence-corrected chi connectivity index (χ1v) is 9.03. The number of aliphatic hydroxyl groups excluding tert-OH is 1. The quantitative estimate of drug-likeness (QED) is 0.600. The van der Waals surface area contributed by atoms with Crippen molar-refractivity contribution in [2.45, 2.75) is 39.5 Å². The van der Waals surface area contributed by atoms with E-state index in [0.717, 1.165) is 16.9 Å². The summed E-state index contributed by atoms with van der Waals surface area (Å²) in [6.07, 6.45) is 0. The monoisotopic (exact) mass is 385 g/mol. The van der Waals surface area contributed by atoms with Gasteiger partial charge in [-0.25, -0.2) is 0 Å². The van der Waals surface area contributed by atoms with Crippen LogP contribution in [-0.2, 0) is 13.2 Å². The fraction of sp³-hybridized carbons (Fsp3) is 0.304. The standard InChI is InChI=1S/C23H27NO2.ClH/c1-17-8-10-18(11-9-17)15-26-22-13-12-19-6-4-5-7-20(19)21(22)14-24-23(2,3)16-25;/h4-13,24-25H,14-16H2,1-3H3;1H. The molecule has 0 aliphatic rings. The molecular weight excluding hydrogens is 358 g/mol. The van der Waals surface area contributed by atoms with Crippen LogP contribution < -0.4 is 10.1 Å². The molecular formula is C23H28ClNO2. The third-order valence-corrected chi connectivity index (χ3v) is 4.65. The summed E-state index contributed by atoms with van der Waals surface area (Å²) in [4.78, 5) is 0. The van der Waals surface area contributed by atoms with Crippen molar-refractivity contribution in [3.05, 3.63) is 77.4 Å². The van der Waals surface area contributed by atoms with Crippen LogP contribution in [0.3, 0.4) is 0 Å². The number of hydrogen-bond donors (Lipinski definition) is 2. The minimum absolute atomic E-state index is 0. The number of hydrogen-bond acceptors (Lipinski definition) is 3. The number of nitrogens with one attached hydrogen (secondary N) is 1. The van der Waals surface area contributed by atoms with Gasteiger partial charge in [-0.15, -0.1) is 12.4 Å². The zero-order valence-corrected chi connectivity index (χ0v) is 17.0. The normalized spacial score (nSPS) is 11.3. The molecule has 0 unspecified atom stereocenters. The molecule has 0 bridgehead atoms. The molecule has 3 aromatic carbocycles. The maximum Gasteiger partial charge on any atom is 0.124 e. The summed E-state index contributed by atoms with van der Waals surface area (Å²) in [6, 6.07) is 20.9. The van der Waals surface area contributed by atoms with E-state index in [4.69, 9.17) is 4.74 Å². The van der Waals surface area contributed by atoms with Gasteiger partial charge in [0.1, 0.15) is 12.4 Å². The predicted octanol–water partition coefficient (Wildman–Crippen LogP) is 5.01. The van der Waals surface area contributed by atoms with Crippen LogP contribution in [0.5, 0.6) is 5.75 Å². The van der Waals surface area contributed by atoms with Crippen molar-refractivity contribution in [3.8, 4) is 5.75 Å². The SMILES string of the molecule is Cc1ccc(COc2ccc3ccccc3c2CNC(C)(C)CO)cc1.Cl. The highest BCUT2D eigenvalue weighted by Crippen LogP contribution is 2.29. The Kier molecular flexibility index (Phi) is 7.25. The van der Waals surface area contributed by atoms with Crippen molar-refractivity contribution in [1.29, 1.82) is 0 Å². The molecule has 2 N–H and O–H groups in total. The number of fused-ring (bicyclic) bond motifs is 1. The fourth-order valence-electron chi connectivity index (χ4n) is 2.86. The zero-order valence-electron chi connectivity index (χ0n) is 16.2. The van der Waals surface area contributed by atoms with E-state index in [2.05, 4.69) is 54.7 Å². The second-order valence-electron chi connectivity index (χ2n) is 7.43. The molecule has 0 radical (unpaired) electrons. The third kappa shape index (κ3) is 5.46. The summed E-state index contributed by atoms with van der Waals surface area (Å²) >= 11 is 0. The van der Waals surface area contributed by atoms with E-state index in [0.29, 0.717) is 13.2 Å². The minimum Gasteiger partial charge on any atom is -0.489 e. The van der Waals surface area contributed by atoms with Gasteiger partial charge in [0, 0.05) is 17.6 Å². The fourth-order valence-corrected chi connectivity index (χ4v) is 2.86. The number of rotatable bonds is 7. The molecule has 4 heteroatoms. The van der Waals surface area contributed by atoms with Gasteiger partial charge in [0.25, 0.3) is 0 Å². The molecule has 27 heavy (non-hydrogen) atoms. The summed E-state index contributed by atoms with van der Waals surface area (Å²) in [5, 5.41) is 15.3. The summed E-state index contributed by atoms with van der Waals surface area (Å²) < 4.78 is 6.17. The van der Waals surface area contributed by atoms with Crippen LogP contribution in [-0.4, -0.2) is 17.3 Å². The Bertz CT molecular complexity index is 875. The molecule has 0 aliphatic heterocycles. The zero-order chi connectivity index (χ0) is 18.6. The molecule has 3 rings (SSSR count). The van der Waals surface area contributed by atoms with Gasteiger partial charge in [-0.1, -0.05) is 60.2 Å². The Morgan fingerprint density at radius 3 is 2.37 bits per heavy atom. The number of aliphatic hydroxyl groups is 1. The van der Waals surface area contributed by atoms with Crippen molar-refractivity contribution in [3.63, 3.8) is 0 Å². The second kappa shape index (κ2) is 9.23. The van der Waals surface area contributed by atoms with Gasteiger partial charge < -0.3 is 15.2 Å². The first-order valence-electron chi connectivity index (χ1n) is 9.03. The average Bonchev–Trinajstić information content (AvgIpc) is 2.66. The lowest BCUT2D eigenvalue weighted by Crippen LogP contribution is -2.42. The van der Waals surface area contributed by atoms with Crippen molar-refractivity contribution in [2.24, 2.45) is 0 Å². The van der Waals surface area contributed by atoms with Gasteiger partial charge in [-0.2, -0.15) is 0 Å². The topological polar surface area (TPSA) is 41.5 Å². The van der Waals surface area contributed by atoms with Crippen LogP contribution in [0.25, 0.3) is 10.8 Å². The van der Waals surface area contributed by atoms with Crippen LogP contribution in [0.1, 0.15) is 30.5 Å². The predicted molar refractivity (Wildman–Crippen MR) is 115 cm³/mol. The molecule has 0 heterocycles. The Hall–Kier alpha value is -2.07. The molecule has 0 saturated carbocycles. The number of ether oxygens (including phenoxy) is 1. The lowest BCUT2D eigenvalue weighted by atomic mass is 10.0. The van der Waals surface area contributed by atoms with Crippen LogP contribution in [0, 0.1) is 6.92 Å². The molecule has 0 aliphatic carbocycles. The molecule has 144 valence electrons. The van der Waals surface area contributed by atoms with Crippen LogP contribution in [0.2, 0.25) is 0 Å². The van der Waals surface area contributed by atoms with E-state index in [-0.39, 0.29) is 24.6 Å². The van der Waals surface area contributed by atoms with Crippen molar-refractivity contribution in [1.82, 2.24) is 5.32 Å². The number of aryl methyl sites for hydroxylation is 1. The van der Waals surface area contributed by atoms with Crippen molar-refractivity contribution < 1.29 is 9.84 Å². The van der Waals surface area contributed by atoms with E-state index in [1.165, 1.54) is 16.3 Å². The highest BCUT2D eigenvalue weighted by atomic mass is 35.5. The molecule has 3 nitrogen and oxygen atoms in total. The maximum absolute atomic E-state index is 9.54. The average molecular weight is 386 g/mol. The van der Waals surface area contributed by atoms with Crippen molar-refractivity contribution in [2.75, 3.05) is 6.61 Å². The first kappa shape index (κ1) is 21.2. The Morgan fingerprint density at radius 2 is 1.67 bits per heavy atom. The molecule has 0 spiro atoms. The van der Waals surface area contributed by atoms with E-state index >= 15 is 0 Å². The lowest BCUT2D eigenvalue weighted by molar-refractivity contribution is 0.187. The number of benzene rings is 3. The molecule has 0 saturated heterocycles. The summed E-state index contributed by atoms with van der Waals surface area (Å²) in [7, 11) is 0. The first-order chi connectivity index (χ1) is 12.5. The van der Waals surface area contributed by atoms with Gasteiger partial charge in [0.15, 0.2) is 0 Å². The van der Waals surface area contributed by atoms with E-state index in [1.807, 2.05) is 32.0 Å². The number of halogens is 1. The Balaban J connectivity index is 0.00000261. The van der Waals surface area contributed by atoms with E-state index in [1.54, 1.807) is 0 Å². The van der Waals surface area contributed by atoms with Crippen molar-refractivity contribution >= 4 is 23.2 Å². The van der Waals surface area contributed by atoms with Crippen LogP contribution in [0.15, 0.2) is 60.7 Å². The second-order valence-corrected chi connectivity index (χ2v) is 7.43. The molecule has 0 amide bonds. The van der Waals surface area contributed by atoms with Gasteiger partial charge in [-0.05, 0) is 43.2 Å². The van der Waals surface area contributed by atoms with Gasteiger partial charge in [-0.3, -0.25) is 0 Å². The summed E-state index contributed by atoms with van der Waals surface area (Å²) in [6.45, 7) is 7.32. The molecule has 0 atom stereocenters. The van der Waals surface area contributed by atoms with Gasteiger partial charge >= 0.3 is 0 Å². The van der Waals surface area contributed by atoms with Gasteiger partial charge in [0.05, 0.1) is 6.61 Å². The highest BCUT2D eigenvalue weighted by molar-refractivity contribution is 5.87. The Labute approximate surface area is 167 Å². The highest BCUT2D eigenvalue weighted by Gasteiger charge is 2.17. The third-order valence-electron chi connectivity index (χ3n) is 4.65. The largest absolute Gasteiger partial charge is 0.489 e. The summed E-state index contributed by atoms with van der Waals surface area (Å²) in [5.74, 6) is 0.880. The molecule has 0 aromatic heterocycles. The van der Waals surface area contributed by atoms with Crippen LogP contribution in [0.4, 0.5) is 0 Å². The van der Waals surface area contributed by atoms with Gasteiger partial charge in [0.2, 0.25) is 0 Å².